The molecule has 1 aliphatic carbocycles. The molecule has 2 heteroatoms. The fourth-order valence-corrected chi connectivity index (χ4v) is 2.76. The standard InChI is InChI=1S/C15H23NO/c1-17-15-12-6-11-14(16-15)10-5-9-13-7-3-2-4-8-13/h6,11-13H,2-5,7-10H2,1H3. The summed E-state index contributed by atoms with van der Waals surface area (Å²) >= 11 is 0. The largest absolute Gasteiger partial charge is 0.481 e. The Morgan fingerprint density at radius 1 is 1.24 bits per heavy atom. The Bertz CT molecular complexity index is 331. The number of methoxy groups -OCH3 is 1. The molecule has 0 aliphatic heterocycles. The van der Waals surface area contributed by atoms with Crippen LogP contribution in [0.5, 0.6) is 5.88 Å². The van der Waals surface area contributed by atoms with Gasteiger partial charge in [0.25, 0.3) is 0 Å². The van der Waals surface area contributed by atoms with Gasteiger partial charge in [-0.3, -0.25) is 0 Å². The van der Waals surface area contributed by atoms with Crippen LogP contribution in [0.15, 0.2) is 18.2 Å². The van der Waals surface area contributed by atoms with Crippen LogP contribution in [0.4, 0.5) is 0 Å². The van der Waals surface area contributed by atoms with E-state index in [9.17, 15) is 0 Å². The predicted molar refractivity (Wildman–Crippen MR) is 70.3 cm³/mol. The highest BCUT2D eigenvalue weighted by atomic mass is 16.5. The first-order valence-electron chi connectivity index (χ1n) is 6.88. The molecule has 1 aromatic rings. The van der Waals surface area contributed by atoms with Crippen molar-refractivity contribution in [1.29, 1.82) is 0 Å². The van der Waals surface area contributed by atoms with Gasteiger partial charge in [0.2, 0.25) is 5.88 Å². The zero-order valence-electron chi connectivity index (χ0n) is 10.8. The molecule has 1 aliphatic rings. The fraction of sp³-hybridized carbons (Fsp3) is 0.667. The fourth-order valence-electron chi connectivity index (χ4n) is 2.76. The monoisotopic (exact) mass is 233 g/mol. The summed E-state index contributed by atoms with van der Waals surface area (Å²) in [6.45, 7) is 0. The number of rotatable bonds is 5. The quantitative estimate of drug-likeness (QED) is 0.767. The Balaban J connectivity index is 1.73. The zero-order chi connectivity index (χ0) is 11.9. The Labute approximate surface area is 104 Å². The van der Waals surface area contributed by atoms with Crippen molar-refractivity contribution in [2.75, 3.05) is 7.11 Å². The van der Waals surface area contributed by atoms with Crippen LogP contribution in [0.25, 0.3) is 0 Å². The van der Waals surface area contributed by atoms with E-state index in [2.05, 4.69) is 11.1 Å². The summed E-state index contributed by atoms with van der Waals surface area (Å²) in [7, 11) is 1.67. The summed E-state index contributed by atoms with van der Waals surface area (Å²) in [5, 5.41) is 0. The van der Waals surface area contributed by atoms with Gasteiger partial charge in [-0.05, 0) is 24.8 Å². The van der Waals surface area contributed by atoms with E-state index in [-0.39, 0.29) is 0 Å². The lowest BCUT2D eigenvalue weighted by Crippen LogP contribution is -2.06. The molecule has 0 unspecified atom stereocenters. The van der Waals surface area contributed by atoms with E-state index in [1.807, 2.05) is 12.1 Å². The van der Waals surface area contributed by atoms with Gasteiger partial charge in [0.15, 0.2) is 0 Å². The maximum atomic E-state index is 5.14. The number of aryl methyl sites for hydroxylation is 1. The van der Waals surface area contributed by atoms with Crippen LogP contribution in [0.3, 0.4) is 0 Å². The summed E-state index contributed by atoms with van der Waals surface area (Å²) in [6.07, 6.45) is 11.0. The number of hydrogen-bond donors (Lipinski definition) is 0. The highest BCUT2D eigenvalue weighted by Gasteiger charge is 2.12. The summed E-state index contributed by atoms with van der Waals surface area (Å²) in [4.78, 5) is 4.45. The van der Waals surface area contributed by atoms with Crippen molar-refractivity contribution >= 4 is 0 Å². The van der Waals surface area contributed by atoms with Crippen LogP contribution in [0.1, 0.15) is 50.6 Å². The molecule has 0 saturated heterocycles. The first kappa shape index (κ1) is 12.4. The maximum Gasteiger partial charge on any atom is 0.213 e. The average molecular weight is 233 g/mol. The second kappa shape index (κ2) is 6.63. The third-order valence-corrected chi connectivity index (χ3v) is 3.76. The van der Waals surface area contributed by atoms with Crippen LogP contribution >= 0.6 is 0 Å². The van der Waals surface area contributed by atoms with Crippen LogP contribution in [0, 0.1) is 5.92 Å². The minimum Gasteiger partial charge on any atom is -0.481 e. The van der Waals surface area contributed by atoms with E-state index in [0.717, 1.165) is 18.2 Å². The number of ether oxygens (including phenoxy) is 1. The van der Waals surface area contributed by atoms with Crippen LogP contribution in [0.2, 0.25) is 0 Å². The first-order chi connectivity index (χ1) is 8.38. The molecule has 17 heavy (non-hydrogen) atoms. The number of hydrogen-bond acceptors (Lipinski definition) is 2. The number of nitrogens with zero attached hydrogens (tertiary/aromatic N) is 1. The molecule has 1 fully saturated rings. The van der Waals surface area contributed by atoms with Crippen molar-refractivity contribution in [3.05, 3.63) is 23.9 Å². The van der Waals surface area contributed by atoms with E-state index in [1.165, 1.54) is 50.6 Å². The van der Waals surface area contributed by atoms with Crippen molar-refractivity contribution in [2.24, 2.45) is 5.92 Å². The molecule has 1 saturated carbocycles. The predicted octanol–water partition coefficient (Wildman–Crippen LogP) is 3.99. The lowest BCUT2D eigenvalue weighted by molar-refractivity contribution is 0.332. The smallest absolute Gasteiger partial charge is 0.213 e. The summed E-state index contributed by atoms with van der Waals surface area (Å²) < 4.78 is 5.14. The second-order valence-corrected chi connectivity index (χ2v) is 5.07. The molecule has 0 radical (unpaired) electrons. The molecule has 94 valence electrons. The molecule has 0 aromatic carbocycles. The van der Waals surface area contributed by atoms with E-state index >= 15 is 0 Å². The Morgan fingerprint density at radius 3 is 2.82 bits per heavy atom. The normalized spacial score (nSPS) is 17.0. The maximum absolute atomic E-state index is 5.14. The van der Waals surface area contributed by atoms with Crippen molar-refractivity contribution in [2.45, 2.75) is 51.4 Å². The van der Waals surface area contributed by atoms with Gasteiger partial charge in [-0.1, -0.05) is 44.6 Å². The Kier molecular flexibility index (Phi) is 4.84. The molecule has 1 heterocycles. The van der Waals surface area contributed by atoms with Crippen molar-refractivity contribution in [3.63, 3.8) is 0 Å². The van der Waals surface area contributed by atoms with Gasteiger partial charge in [-0.15, -0.1) is 0 Å². The van der Waals surface area contributed by atoms with Crippen molar-refractivity contribution in [3.8, 4) is 5.88 Å². The van der Waals surface area contributed by atoms with Gasteiger partial charge in [0.1, 0.15) is 0 Å². The van der Waals surface area contributed by atoms with Crippen LogP contribution in [-0.2, 0) is 6.42 Å². The molecule has 0 amide bonds. The summed E-state index contributed by atoms with van der Waals surface area (Å²) in [5.41, 5.74) is 1.17. The Morgan fingerprint density at radius 2 is 2.06 bits per heavy atom. The zero-order valence-corrected chi connectivity index (χ0v) is 10.8. The molecule has 0 atom stereocenters. The van der Waals surface area contributed by atoms with E-state index < -0.39 is 0 Å². The highest BCUT2D eigenvalue weighted by molar-refractivity contribution is 5.15. The van der Waals surface area contributed by atoms with Crippen LogP contribution in [-0.4, -0.2) is 12.1 Å². The summed E-state index contributed by atoms with van der Waals surface area (Å²) in [6, 6.07) is 6.04. The SMILES string of the molecule is COc1cccc(CCCC2CCCCC2)n1. The van der Waals surface area contributed by atoms with Gasteiger partial charge < -0.3 is 4.74 Å². The van der Waals surface area contributed by atoms with Crippen LogP contribution < -0.4 is 4.74 Å². The average Bonchev–Trinajstić information content (AvgIpc) is 2.40. The van der Waals surface area contributed by atoms with Crippen molar-refractivity contribution < 1.29 is 4.74 Å². The molecule has 0 bridgehead atoms. The summed E-state index contributed by atoms with van der Waals surface area (Å²) in [5.74, 6) is 1.72. The van der Waals surface area contributed by atoms with Gasteiger partial charge in [-0.2, -0.15) is 0 Å². The molecular formula is C15H23NO. The molecule has 0 spiro atoms. The third-order valence-electron chi connectivity index (χ3n) is 3.76. The molecule has 2 rings (SSSR count). The van der Waals surface area contributed by atoms with E-state index in [4.69, 9.17) is 4.74 Å². The highest BCUT2D eigenvalue weighted by Crippen LogP contribution is 2.27. The number of pyridine rings is 1. The van der Waals surface area contributed by atoms with Gasteiger partial charge in [-0.25, -0.2) is 4.98 Å². The van der Waals surface area contributed by atoms with Gasteiger partial charge in [0.05, 0.1) is 7.11 Å². The third kappa shape index (κ3) is 4.03. The van der Waals surface area contributed by atoms with E-state index in [1.54, 1.807) is 7.11 Å². The molecular weight excluding hydrogens is 210 g/mol. The first-order valence-corrected chi connectivity index (χ1v) is 6.88. The minimum absolute atomic E-state index is 0.736. The second-order valence-electron chi connectivity index (χ2n) is 5.07. The van der Waals surface area contributed by atoms with Gasteiger partial charge in [0, 0.05) is 11.8 Å². The Hall–Kier alpha value is -1.05. The topological polar surface area (TPSA) is 22.1 Å². The molecule has 0 N–H and O–H groups in total. The molecule has 1 aromatic heterocycles. The lowest BCUT2D eigenvalue weighted by atomic mass is 9.85. The number of aromatic nitrogens is 1. The van der Waals surface area contributed by atoms with E-state index in [0.29, 0.717) is 0 Å². The molecule has 2 nitrogen and oxygen atoms in total. The minimum atomic E-state index is 0.736. The van der Waals surface area contributed by atoms with Crippen molar-refractivity contribution in [1.82, 2.24) is 4.98 Å². The lowest BCUT2D eigenvalue weighted by Gasteiger charge is -2.21. The van der Waals surface area contributed by atoms with Gasteiger partial charge >= 0.3 is 0 Å².